The number of aliphatic hydroxyl groups excluding tert-OH is 3. The minimum Gasteiger partial charge on any atom is -0.462 e. The van der Waals surface area contributed by atoms with Crippen molar-refractivity contribution in [2.24, 2.45) is 0 Å². The molecule has 12 nitrogen and oxygen atoms in total. The minimum atomic E-state index is -4.61. The first-order chi connectivity index (χ1) is 29.5. The number of unbranched alkanes of at least 4 members (excludes halogenated alkanes) is 17. The first kappa shape index (κ1) is 56.1. The van der Waals surface area contributed by atoms with Gasteiger partial charge in [0.15, 0.2) is 12.4 Å². The van der Waals surface area contributed by atoms with E-state index in [0.29, 0.717) is 12.8 Å². The standard InChI is InChI=1S/C48H80O12S/c1-3-5-7-9-11-13-15-17-18-19-20-21-22-23-25-26-28-30-32-34-36-43(49)57-38-41(39-58-48-47(53)46(52)45(51)42(60-48)40-61(54,55)56)59-44(50)37-35-33-31-29-27-24-16-14-12-10-8-6-4-2/h6,8,10,12-18,24,27,41-42,45-48,51-53H,3-5,7,9,11,19-23,25-26,28-40H2,1-2H3,(H,54,55,56)/b8-6+,12-10+,15-13+,16-14+,18-17+,27-24+/t41?,42-,45-,46?,47?,48+/m1/s1. The predicted octanol–water partition coefficient (Wildman–Crippen LogP) is 9.50. The predicted molar refractivity (Wildman–Crippen MR) is 242 cm³/mol. The summed E-state index contributed by atoms with van der Waals surface area (Å²) in [6, 6.07) is 0. The third kappa shape index (κ3) is 32.4. The maximum atomic E-state index is 12.8. The maximum Gasteiger partial charge on any atom is 0.306 e. The molecule has 1 aliphatic heterocycles. The summed E-state index contributed by atoms with van der Waals surface area (Å²) in [6.45, 7) is 3.55. The quantitative estimate of drug-likeness (QED) is 0.0201. The normalized spacial score (nSPS) is 20.7. The van der Waals surface area contributed by atoms with E-state index in [1.54, 1.807) is 0 Å². The number of hydrogen-bond acceptors (Lipinski definition) is 11. The van der Waals surface area contributed by atoms with Crippen LogP contribution in [0.4, 0.5) is 0 Å². The molecule has 0 amide bonds. The Morgan fingerprint density at radius 1 is 0.574 bits per heavy atom. The largest absolute Gasteiger partial charge is 0.462 e. The monoisotopic (exact) mass is 881 g/mol. The van der Waals surface area contributed by atoms with Crippen molar-refractivity contribution in [3.8, 4) is 0 Å². The summed E-state index contributed by atoms with van der Waals surface area (Å²) >= 11 is 0. The Hall–Kier alpha value is -2.91. The Balaban J connectivity index is 2.43. The molecule has 0 aliphatic carbocycles. The van der Waals surface area contributed by atoms with Gasteiger partial charge in [0.05, 0.1) is 6.61 Å². The molecule has 0 bridgehead atoms. The van der Waals surface area contributed by atoms with Crippen molar-refractivity contribution in [3.05, 3.63) is 72.9 Å². The molecule has 1 aliphatic rings. The number of carbonyl (C=O) groups excluding carboxylic acids is 2. The SMILES string of the molecule is CC/C=C/C=C/C=C/C=C/CCCCCC(=O)OC(COC(=O)CCCCCCCCCCCC/C=C/C=C/CCCCCC)CO[C@H]1O[C@H](CS(=O)(=O)O)[C@@H](O)C(O)C1O. The van der Waals surface area contributed by atoms with Gasteiger partial charge in [0.2, 0.25) is 0 Å². The van der Waals surface area contributed by atoms with Gasteiger partial charge >= 0.3 is 11.9 Å². The number of allylic oxidation sites excluding steroid dienone is 12. The van der Waals surface area contributed by atoms with Crippen LogP contribution >= 0.6 is 0 Å². The lowest BCUT2D eigenvalue weighted by Crippen LogP contribution is -2.60. The fourth-order valence-electron chi connectivity index (χ4n) is 6.56. The van der Waals surface area contributed by atoms with Gasteiger partial charge in [-0.1, -0.05) is 164 Å². The molecule has 350 valence electrons. The Morgan fingerprint density at radius 3 is 1.57 bits per heavy atom. The molecule has 0 aromatic heterocycles. The minimum absolute atomic E-state index is 0.114. The molecule has 0 saturated carbocycles. The number of carbonyl (C=O) groups is 2. The molecule has 0 aromatic rings. The average molecular weight is 881 g/mol. The highest BCUT2D eigenvalue weighted by Crippen LogP contribution is 2.24. The van der Waals surface area contributed by atoms with E-state index in [2.05, 4.69) is 50.3 Å². The lowest BCUT2D eigenvalue weighted by molar-refractivity contribution is -0.297. The van der Waals surface area contributed by atoms with Crippen LogP contribution in [-0.2, 0) is 38.7 Å². The highest BCUT2D eigenvalue weighted by Gasteiger charge is 2.46. The number of rotatable bonds is 37. The maximum absolute atomic E-state index is 12.8. The van der Waals surface area contributed by atoms with Crippen molar-refractivity contribution >= 4 is 22.1 Å². The third-order valence-corrected chi connectivity index (χ3v) is 10.9. The lowest BCUT2D eigenvalue weighted by atomic mass is 10.00. The van der Waals surface area contributed by atoms with Crippen molar-refractivity contribution in [1.82, 2.24) is 0 Å². The van der Waals surface area contributed by atoms with Gasteiger partial charge in [-0.05, 0) is 57.8 Å². The second kappa shape index (κ2) is 37.6. The van der Waals surface area contributed by atoms with Crippen LogP contribution in [0.15, 0.2) is 72.9 Å². The van der Waals surface area contributed by atoms with E-state index in [1.165, 1.54) is 70.6 Å². The Kier molecular flexibility index (Phi) is 34.6. The van der Waals surface area contributed by atoms with Gasteiger partial charge in [-0.15, -0.1) is 0 Å². The van der Waals surface area contributed by atoms with E-state index in [4.69, 9.17) is 18.9 Å². The summed E-state index contributed by atoms with van der Waals surface area (Å²) in [4.78, 5) is 25.4. The number of aliphatic hydroxyl groups is 3. The van der Waals surface area contributed by atoms with Crippen molar-refractivity contribution < 1.29 is 56.8 Å². The van der Waals surface area contributed by atoms with Crippen LogP contribution in [-0.4, -0.2) is 96.0 Å². The molecule has 1 heterocycles. The first-order valence-electron chi connectivity index (χ1n) is 23.1. The molecule has 6 atom stereocenters. The molecule has 1 fully saturated rings. The summed E-state index contributed by atoms with van der Waals surface area (Å²) in [5.41, 5.74) is 0. The summed E-state index contributed by atoms with van der Waals surface area (Å²) in [7, 11) is -4.61. The van der Waals surface area contributed by atoms with Crippen molar-refractivity contribution in [3.63, 3.8) is 0 Å². The van der Waals surface area contributed by atoms with Crippen LogP contribution in [0.3, 0.4) is 0 Å². The van der Waals surface area contributed by atoms with Gasteiger partial charge in [0.25, 0.3) is 10.1 Å². The second-order valence-electron chi connectivity index (χ2n) is 15.8. The molecule has 3 unspecified atom stereocenters. The van der Waals surface area contributed by atoms with E-state index in [0.717, 1.165) is 51.4 Å². The van der Waals surface area contributed by atoms with Crippen LogP contribution in [0.25, 0.3) is 0 Å². The van der Waals surface area contributed by atoms with E-state index >= 15 is 0 Å². The summed E-state index contributed by atoms with van der Waals surface area (Å²) in [5, 5.41) is 30.9. The van der Waals surface area contributed by atoms with E-state index < -0.39 is 71.2 Å². The molecule has 0 spiro atoms. The Labute approximate surface area is 368 Å². The smallest absolute Gasteiger partial charge is 0.306 e. The zero-order chi connectivity index (χ0) is 44.8. The topological polar surface area (TPSA) is 186 Å². The molecule has 0 aromatic carbocycles. The van der Waals surface area contributed by atoms with Gasteiger partial charge in [-0.2, -0.15) is 8.42 Å². The third-order valence-electron chi connectivity index (χ3n) is 10.1. The fourth-order valence-corrected chi connectivity index (χ4v) is 7.25. The molecule has 0 radical (unpaired) electrons. The lowest BCUT2D eigenvalue weighted by Gasteiger charge is -2.40. The van der Waals surface area contributed by atoms with Crippen LogP contribution in [0.1, 0.15) is 162 Å². The molecule has 1 rings (SSSR count). The molecular weight excluding hydrogens is 801 g/mol. The van der Waals surface area contributed by atoms with Gasteiger partial charge in [0.1, 0.15) is 36.8 Å². The summed E-state index contributed by atoms with van der Waals surface area (Å²) in [5.74, 6) is -2.05. The number of esters is 2. The van der Waals surface area contributed by atoms with E-state index in [9.17, 15) is 37.9 Å². The van der Waals surface area contributed by atoms with E-state index in [-0.39, 0.29) is 19.4 Å². The van der Waals surface area contributed by atoms with Gasteiger partial charge in [0, 0.05) is 12.8 Å². The molecule has 13 heteroatoms. The highest BCUT2D eigenvalue weighted by atomic mass is 32.2. The summed E-state index contributed by atoms with van der Waals surface area (Å²) < 4.78 is 54.0. The van der Waals surface area contributed by atoms with Gasteiger partial charge < -0.3 is 34.3 Å². The van der Waals surface area contributed by atoms with Crippen molar-refractivity contribution in [1.29, 1.82) is 0 Å². The van der Waals surface area contributed by atoms with Crippen LogP contribution < -0.4 is 0 Å². The zero-order valence-electron chi connectivity index (χ0n) is 37.2. The Morgan fingerprint density at radius 2 is 1.03 bits per heavy atom. The summed E-state index contributed by atoms with van der Waals surface area (Å²) in [6.07, 6.45) is 38.1. The zero-order valence-corrected chi connectivity index (χ0v) is 38.1. The number of hydrogen-bond donors (Lipinski definition) is 4. The average Bonchev–Trinajstić information content (AvgIpc) is 3.22. The van der Waals surface area contributed by atoms with Crippen LogP contribution in [0, 0.1) is 0 Å². The van der Waals surface area contributed by atoms with Crippen LogP contribution in [0.5, 0.6) is 0 Å². The molecular formula is C48H80O12S. The molecule has 61 heavy (non-hydrogen) atoms. The van der Waals surface area contributed by atoms with E-state index in [1.807, 2.05) is 36.5 Å². The van der Waals surface area contributed by atoms with Crippen LogP contribution in [0.2, 0.25) is 0 Å². The fraction of sp³-hybridized carbons (Fsp3) is 0.708. The molecule has 4 N–H and O–H groups in total. The van der Waals surface area contributed by atoms with Crippen molar-refractivity contribution in [2.45, 2.75) is 198 Å². The Bertz CT molecular complexity index is 1400. The second-order valence-corrected chi connectivity index (χ2v) is 17.3. The van der Waals surface area contributed by atoms with Crippen molar-refractivity contribution in [2.75, 3.05) is 19.0 Å². The number of ether oxygens (including phenoxy) is 4. The highest BCUT2D eigenvalue weighted by molar-refractivity contribution is 7.85. The van der Waals surface area contributed by atoms with Gasteiger partial charge in [-0.3, -0.25) is 14.1 Å². The molecule has 1 saturated heterocycles. The van der Waals surface area contributed by atoms with Gasteiger partial charge in [-0.25, -0.2) is 0 Å². The first-order valence-corrected chi connectivity index (χ1v) is 24.7.